The van der Waals surface area contributed by atoms with Crippen LogP contribution < -0.4 is 9.44 Å². The van der Waals surface area contributed by atoms with Gasteiger partial charge in [-0.25, -0.2) is 0 Å². The topological polar surface area (TPSA) is 58.2 Å². The highest BCUT2D eigenvalue weighted by Crippen LogP contribution is 2.33. The van der Waals surface area contributed by atoms with Gasteiger partial charge in [-0.15, -0.1) is 0 Å². The van der Waals surface area contributed by atoms with Gasteiger partial charge in [-0.05, 0) is 11.1 Å². The third-order valence-electron chi connectivity index (χ3n) is 3.21. The van der Waals surface area contributed by atoms with Gasteiger partial charge in [0.15, 0.2) is 0 Å². The number of nitrogens with one attached hydrogen (secondary N) is 2. The van der Waals surface area contributed by atoms with Crippen LogP contribution >= 0.6 is 0 Å². The molecule has 2 atom stereocenters. The Morgan fingerprint density at radius 1 is 0.684 bits per heavy atom. The van der Waals surface area contributed by atoms with Gasteiger partial charge in [-0.3, -0.25) is 0 Å². The second-order valence-electron chi connectivity index (χ2n) is 4.52. The maximum absolute atomic E-state index is 11.8. The van der Waals surface area contributed by atoms with Crippen LogP contribution in [0.15, 0.2) is 60.7 Å². The van der Waals surface area contributed by atoms with Crippen LogP contribution in [0.1, 0.15) is 23.2 Å². The molecule has 2 aromatic carbocycles. The van der Waals surface area contributed by atoms with Gasteiger partial charge in [0.25, 0.3) is 10.2 Å². The van der Waals surface area contributed by atoms with E-state index >= 15 is 0 Å². The zero-order chi connectivity index (χ0) is 13.3. The fourth-order valence-corrected chi connectivity index (χ4v) is 3.63. The summed E-state index contributed by atoms with van der Waals surface area (Å²) < 4.78 is 28.9. The van der Waals surface area contributed by atoms with E-state index in [1.54, 1.807) is 0 Å². The molecule has 2 aromatic rings. The third kappa shape index (κ3) is 2.53. The number of hydrogen-bond acceptors (Lipinski definition) is 2. The lowest BCUT2D eigenvalue weighted by molar-refractivity contribution is 0.554. The lowest BCUT2D eigenvalue weighted by Crippen LogP contribution is -2.24. The molecule has 1 heterocycles. The summed E-state index contributed by atoms with van der Waals surface area (Å²) in [4.78, 5) is 0. The summed E-state index contributed by atoms with van der Waals surface area (Å²) >= 11 is 0. The van der Waals surface area contributed by atoms with Gasteiger partial charge in [0, 0.05) is 0 Å². The quantitative estimate of drug-likeness (QED) is 0.879. The molecule has 0 bridgehead atoms. The lowest BCUT2D eigenvalue weighted by atomic mass is 9.95. The Hall–Kier alpha value is -1.69. The largest absolute Gasteiger partial charge is 0.278 e. The van der Waals surface area contributed by atoms with Crippen LogP contribution in [0.2, 0.25) is 0 Å². The predicted molar refractivity (Wildman–Crippen MR) is 73.6 cm³/mol. The minimum Gasteiger partial charge on any atom is -0.195 e. The van der Waals surface area contributed by atoms with Crippen molar-refractivity contribution in [3.63, 3.8) is 0 Å². The first-order valence-electron chi connectivity index (χ1n) is 6.05. The van der Waals surface area contributed by atoms with Crippen molar-refractivity contribution in [1.29, 1.82) is 0 Å². The van der Waals surface area contributed by atoms with Crippen molar-refractivity contribution in [3.8, 4) is 0 Å². The van der Waals surface area contributed by atoms with Crippen LogP contribution in [-0.2, 0) is 10.2 Å². The van der Waals surface area contributed by atoms with Crippen molar-refractivity contribution in [3.05, 3.63) is 71.8 Å². The Balaban J connectivity index is 2.02. The molecule has 0 spiro atoms. The fraction of sp³-hybridized carbons (Fsp3) is 0.143. The van der Waals surface area contributed by atoms with Crippen LogP contribution in [0.3, 0.4) is 0 Å². The summed E-state index contributed by atoms with van der Waals surface area (Å²) in [5.74, 6) is 0. The first-order chi connectivity index (χ1) is 9.16. The standard InChI is InChI=1S/C14H14N2O2S/c17-19(18)15-13(11-7-3-1-4-8-11)14(16-19)12-9-5-2-6-10-12/h1-10,13-16H/t13-,14-/m1/s1. The second-order valence-corrected chi connectivity index (χ2v) is 5.99. The van der Waals surface area contributed by atoms with E-state index in [0.717, 1.165) is 11.1 Å². The van der Waals surface area contributed by atoms with Crippen molar-refractivity contribution < 1.29 is 8.42 Å². The summed E-state index contributed by atoms with van der Waals surface area (Å²) in [6.07, 6.45) is 0. The molecule has 2 N–H and O–H groups in total. The SMILES string of the molecule is O=S1(=O)N[C@H](c2ccccc2)[C@@H](c2ccccc2)N1. The maximum atomic E-state index is 11.8. The van der Waals surface area contributed by atoms with E-state index < -0.39 is 10.2 Å². The molecule has 0 saturated carbocycles. The molecular weight excluding hydrogens is 260 g/mol. The molecule has 0 radical (unpaired) electrons. The Morgan fingerprint density at radius 2 is 1.05 bits per heavy atom. The first kappa shape index (κ1) is 12.3. The minimum absolute atomic E-state index is 0.284. The molecular formula is C14H14N2O2S. The van der Waals surface area contributed by atoms with Gasteiger partial charge in [-0.1, -0.05) is 60.7 Å². The number of rotatable bonds is 2. The average Bonchev–Trinajstić information content (AvgIpc) is 2.77. The van der Waals surface area contributed by atoms with Crippen LogP contribution in [0, 0.1) is 0 Å². The molecule has 98 valence electrons. The average molecular weight is 274 g/mol. The number of benzene rings is 2. The van der Waals surface area contributed by atoms with Gasteiger partial charge in [0.2, 0.25) is 0 Å². The van der Waals surface area contributed by atoms with E-state index in [9.17, 15) is 8.42 Å². The van der Waals surface area contributed by atoms with E-state index in [0.29, 0.717) is 0 Å². The highest BCUT2D eigenvalue weighted by atomic mass is 32.2. The van der Waals surface area contributed by atoms with Gasteiger partial charge < -0.3 is 0 Å². The summed E-state index contributed by atoms with van der Waals surface area (Å²) in [7, 11) is -3.44. The summed E-state index contributed by atoms with van der Waals surface area (Å²) in [6, 6.07) is 18.6. The normalized spacial score (nSPS) is 25.3. The summed E-state index contributed by atoms with van der Waals surface area (Å²) in [6.45, 7) is 0. The lowest BCUT2D eigenvalue weighted by Gasteiger charge is -2.18. The molecule has 1 fully saturated rings. The summed E-state index contributed by atoms with van der Waals surface area (Å²) in [5, 5.41) is 0. The Kier molecular flexibility index (Phi) is 3.10. The monoisotopic (exact) mass is 274 g/mol. The van der Waals surface area contributed by atoms with Crippen molar-refractivity contribution in [2.24, 2.45) is 0 Å². The van der Waals surface area contributed by atoms with Gasteiger partial charge in [0.05, 0.1) is 12.1 Å². The maximum Gasteiger partial charge on any atom is 0.278 e. The van der Waals surface area contributed by atoms with E-state index in [4.69, 9.17) is 0 Å². The molecule has 5 heteroatoms. The van der Waals surface area contributed by atoms with Gasteiger partial charge >= 0.3 is 0 Å². The van der Waals surface area contributed by atoms with E-state index in [2.05, 4.69) is 9.44 Å². The third-order valence-corrected chi connectivity index (χ3v) is 4.34. The first-order valence-corrected chi connectivity index (χ1v) is 7.53. The predicted octanol–water partition coefficient (Wildman–Crippen LogP) is 1.91. The van der Waals surface area contributed by atoms with E-state index in [1.165, 1.54) is 0 Å². The zero-order valence-corrected chi connectivity index (χ0v) is 11.0. The molecule has 0 aliphatic carbocycles. The second kappa shape index (κ2) is 4.77. The molecule has 1 aliphatic rings. The number of hydrogen-bond donors (Lipinski definition) is 2. The Bertz CT molecular complexity index is 603. The molecule has 0 aromatic heterocycles. The zero-order valence-electron chi connectivity index (χ0n) is 10.2. The van der Waals surface area contributed by atoms with Gasteiger partial charge in [0.1, 0.15) is 0 Å². The summed E-state index contributed by atoms with van der Waals surface area (Å²) in [5.41, 5.74) is 1.90. The van der Waals surface area contributed by atoms with Crippen molar-refractivity contribution in [2.75, 3.05) is 0 Å². The minimum atomic E-state index is -3.44. The van der Waals surface area contributed by atoms with E-state index in [1.807, 2.05) is 60.7 Å². The smallest absolute Gasteiger partial charge is 0.195 e. The molecule has 3 rings (SSSR count). The molecule has 0 unspecified atom stereocenters. The Labute approximate surface area is 112 Å². The molecule has 1 saturated heterocycles. The molecule has 1 aliphatic heterocycles. The van der Waals surface area contributed by atoms with Crippen LogP contribution in [0.25, 0.3) is 0 Å². The fourth-order valence-electron chi connectivity index (χ4n) is 2.35. The van der Waals surface area contributed by atoms with Gasteiger partial charge in [-0.2, -0.15) is 17.9 Å². The van der Waals surface area contributed by atoms with Crippen molar-refractivity contribution >= 4 is 10.2 Å². The van der Waals surface area contributed by atoms with Crippen molar-refractivity contribution in [1.82, 2.24) is 9.44 Å². The molecule has 0 amide bonds. The van der Waals surface area contributed by atoms with Crippen LogP contribution in [0.4, 0.5) is 0 Å². The highest BCUT2D eigenvalue weighted by molar-refractivity contribution is 7.87. The van der Waals surface area contributed by atoms with Crippen LogP contribution in [0.5, 0.6) is 0 Å². The van der Waals surface area contributed by atoms with E-state index in [-0.39, 0.29) is 12.1 Å². The highest BCUT2D eigenvalue weighted by Gasteiger charge is 2.37. The van der Waals surface area contributed by atoms with Crippen molar-refractivity contribution in [2.45, 2.75) is 12.1 Å². The van der Waals surface area contributed by atoms with Crippen LogP contribution in [-0.4, -0.2) is 8.42 Å². The molecule has 19 heavy (non-hydrogen) atoms. The molecule has 4 nitrogen and oxygen atoms in total. The Morgan fingerprint density at radius 3 is 1.42 bits per heavy atom.